The number of hydrogen-bond donors (Lipinski definition) is 1. The Labute approximate surface area is 252 Å². The molecule has 1 heteroatoms. The van der Waals surface area contributed by atoms with Crippen molar-refractivity contribution in [1.29, 1.82) is 0 Å². The summed E-state index contributed by atoms with van der Waals surface area (Å²) in [7, 11) is 0. The van der Waals surface area contributed by atoms with Crippen LogP contribution in [-0.4, -0.2) is 11.2 Å². The van der Waals surface area contributed by atoms with Crippen LogP contribution in [0.1, 0.15) is 94.9 Å². The molecule has 0 amide bonds. The van der Waals surface area contributed by atoms with E-state index >= 15 is 0 Å². The van der Waals surface area contributed by atoms with E-state index in [9.17, 15) is 5.11 Å². The van der Waals surface area contributed by atoms with Crippen LogP contribution >= 0.6 is 0 Å². The molecular weight excluding hydrogens is 496 g/mol. The number of aliphatic hydroxyl groups excluding tert-OH is 1. The standard InChI is InChI=1S/C40H56O/c1-30(18-13-20-32(3)23-25-37-34(5)22-15-27-39(37,7)8)16-11-12-17-31(2)19-14-21-33(4)24-26-38-35(6)28-36(41)29-40(38,9)10/h11-14,16-26,36-37,41H,15,27-29H2,1-10H3. The normalized spacial score (nSPS) is 25.1. The Bertz CT molecular complexity index is 1240. The van der Waals surface area contributed by atoms with Crippen LogP contribution < -0.4 is 0 Å². The quantitative estimate of drug-likeness (QED) is 0.211. The predicted octanol–water partition coefficient (Wildman–Crippen LogP) is 11.4. The molecule has 0 fully saturated rings. The molecule has 0 aromatic heterocycles. The van der Waals surface area contributed by atoms with Gasteiger partial charge in [0.25, 0.3) is 0 Å². The zero-order valence-corrected chi connectivity index (χ0v) is 27.6. The summed E-state index contributed by atoms with van der Waals surface area (Å²) >= 11 is 0. The first kappa shape index (κ1) is 34.3. The van der Waals surface area contributed by atoms with Crippen molar-refractivity contribution in [2.45, 2.75) is 101 Å². The molecule has 2 aliphatic rings. The van der Waals surface area contributed by atoms with E-state index in [2.05, 4.69) is 160 Å². The molecule has 0 spiro atoms. The van der Waals surface area contributed by atoms with Crippen molar-refractivity contribution >= 4 is 0 Å². The maximum Gasteiger partial charge on any atom is 0.0585 e. The van der Waals surface area contributed by atoms with Crippen LogP contribution in [0.5, 0.6) is 0 Å². The van der Waals surface area contributed by atoms with Gasteiger partial charge < -0.3 is 5.11 Å². The number of hydrogen-bond acceptors (Lipinski definition) is 1. The molecule has 0 saturated carbocycles. The van der Waals surface area contributed by atoms with Crippen molar-refractivity contribution in [2.24, 2.45) is 16.7 Å². The fraction of sp³-hybridized carbons (Fsp3) is 0.450. The first-order valence-electron chi connectivity index (χ1n) is 15.3. The Hall–Kier alpha value is -2.90. The second-order valence-corrected chi connectivity index (χ2v) is 13.5. The van der Waals surface area contributed by atoms with Crippen molar-refractivity contribution in [1.82, 2.24) is 0 Å². The van der Waals surface area contributed by atoms with E-state index in [-0.39, 0.29) is 11.5 Å². The lowest BCUT2D eigenvalue weighted by Gasteiger charge is -2.36. The van der Waals surface area contributed by atoms with Crippen LogP contribution in [0.25, 0.3) is 0 Å². The third-order valence-electron chi connectivity index (χ3n) is 8.39. The molecule has 0 bridgehead atoms. The third-order valence-corrected chi connectivity index (χ3v) is 8.39. The summed E-state index contributed by atoms with van der Waals surface area (Å²) in [4.78, 5) is 0. The largest absolute Gasteiger partial charge is 0.393 e. The highest BCUT2D eigenvalue weighted by molar-refractivity contribution is 5.38. The first-order valence-corrected chi connectivity index (χ1v) is 15.3. The summed E-state index contributed by atoms with van der Waals surface area (Å²) in [5.74, 6) is 0.524. The lowest BCUT2D eigenvalue weighted by Crippen LogP contribution is -2.28. The van der Waals surface area contributed by atoms with E-state index in [0.29, 0.717) is 11.3 Å². The minimum Gasteiger partial charge on any atom is -0.393 e. The fourth-order valence-corrected chi connectivity index (χ4v) is 5.97. The van der Waals surface area contributed by atoms with Crippen LogP contribution in [0.3, 0.4) is 0 Å². The Kier molecular flexibility index (Phi) is 13.3. The number of rotatable bonds is 10. The topological polar surface area (TPSA) is 20.2 Å². The Balaban J connectivity index is 1.89. The molecule has 0 heterocycles. The molecule has 222 valence electrons. The monoisotopic (exact) mass is 552 g/mol. The molecule has 1 nitrogen and oxygen atoms in total. The van der Waals surface area contributed by atoms with Crippen molar-refractivity contribution in [3.63, 3.8) is 0 Å². The average molecular weight is 553 g/mol. The minimum atomic E-state index is -0.221. The van der Waals surface area contributed by atoms with Gasteiger partial charge >= 0.3 is 0 Å². The Morgan fingerprint density at radius 3 is 1.80 bits per heavy atom. The van der Waals surface area contributed by atoms with E-state index in [0.717, 1.165) is 12.8 Å². The zero-order chi connectivity index (χ0) is 30.6. The molecule has 1 N–H and O–H groups in total. The second kappa shape index (κ2) is 15.9. The van der Waals surface area contributed by atoms with Crippen LogP contribution in [-0.2, 0) is 0 Å². The molecule has 0 aliphatic heterocycles. The van der Waals surface area contributed by atoms with Gasteiger partial charge in [0.05, 0.1) is 6.10 Å². The summed E-state index contributed by atoms with van der Waals surface area (Å²) in [5.41, 5.74) is 9.40. The fourth-order valence-electron chi connectivity index (χ4n) is 5.97. The van der Waals surface area contributed by atoms with Gasteiger partial charge in [-0.15, -0.1) is 0 Å². The van der Waals surface area contributed by atoms with Gasteiger partial charge in [0, 0.05) is 5.92 Å². The van der Waals surface area contributed by atoms with Crippen LogP contribution in [0, 0.1) is 16.7 Å². The summed E-state index contributed by atoms with van der Waals surface area (Å²) in [6.07, 6.45) is 36.6. The van der Waals surface area contributed by atoms with Gasteiger partial charge in [-0.25, -0.2) is 0 Å². The van der Waals surface area contributed by atoms with E-state index in [1.54, 1.807) is 0 Å². The van der Waals surface area contributed by atoms with Crippen molar-refractivity contribution < 1.29 is 5.11 Å². The van der Waals surface area contributed by atoms with Crippen LogP contribution in [0.4, 0.5) is 0 Å². The minimum absolute atomic E-state index is 0.0126. The third kappa shape index (κ3) is 11.9. The molecular formula is C40H56O. The zero-order valence-electron chi connectivity index (χ0n) is 27.6. The van der Waals surface area contributed by atoms with Gasteiger partial charge in [-0.05, 0) is 83.6 Å². The van der Waals surface area contributed by atoms with E-state index < -0.39 is 0 Å². The maximum absolute atomic E-state index is 10.1. The molecule has 41 heavy (non-hydrogen) atoms. The molecule has 2 rings (SSSR count). The van der Waals surface area contributed by atoms with Gasteiger partial charge in [0.2, 0.25) is 0 Å². The first-order chi connectivity index (χ1) is 19.2. The number of aliphatic hydroxyl groups is 1. The lowest BCUT2D eigenvalue weighted by atomic mass is 9.68. The summed E-state index contributed by atoms with van der Waals surface area (Å²) in [6.45, 7) is 22.2. The molecule has 2 aliphatic carbocycles. The smallest absolute Gasteiger partial charge is 0.0585 e. The molecule has 0 saturated heterocycles. The molecule has 2 atom stereocenters. The summed E-state index contributed by atoms with van der Waals surface area (Å²) < 4.78 is 0. The van der Waals surface area contributed by atoms with Gasteiger partial charge in [-0.1, -0.05) is 152 Å². The number of allylic oxidation sites excluding steroid dienone is 21. The van der Waals surface area contributed by atoms with Crippen molar-refractivity contribution in [2.75, 3.05) is 0 Å². The Morgan fingerprint density at radius 1 is 0.756 bits per heavy atom. The average Bonchev–Trinajstić information content (AvgIpc) is 2.84. The Morgan fingerprint density at radius 2 is 1.27 bits per heavy atom. The van der Waals surface area contributed by atoms with E-state index in [1.807, 2.05) is 0 Å². The van der Waals surface area contributed by atoms with Crippen LogP contribution in [0.15, 0.2) is 130 Å². The van der Waals surface area contributed by atoms with Gasteiger partial charge in [-0.3, -0.25) is 0 Å². The van der Waals surface area contributed by atoms with Gasteiger partial charge in [-0.2, -0.15) is 0 Å². The molecule has 0 aromatic rings. The SMILES string of the molecule is CC(C=CC=C(C)C=CC1=C(C)CC(O)CC1(C)C)=CC=CC=C(C)C=CC=C(C)C=CC1C(C)=CCCC1(C)C. The summed E-state index contributed by atoms with van der Waals surface area (Å²) in [6, 6.07) is 0. The highest BCUT2D eigenvalue weighted by atomic mass is 16.3. The highest BCUT2D eigenvalue weighted by Crippen LogP contribution is 2.42. The van der Waals surface area contributed by atoms with Crippen molar-refractivity contribution in [3.05, 3.63) is 130 Å². The molecule has 0 aromatic carbocycles. The van der Waals surface area contributed by atoms with E-state index in [4.69, 9.17) is 0 Å². The predicted molar refractivity (Wildman–Crippen MR) is 183 cm³/mol. The molecule has 2 unspecified atom stereocenters. The summed E-state index contributed by atoms with van der Waals surface area (Å²) in [5, 5.41) is 10.1. The lowest BCUT2D eigenvalue weighted by molar-refractivity contribution is 0.116. The molecule has 0 radical (unpaired) electrons. The van der Waals surface area contributed by atoms with Crippen LogP contribution in [0.2, 0.25) is 0 Å². The van der Waals surface area contributed by atoms with E-state index in [1.165, 1.54) is 51.9 Å². The maximum atomic E-state index is 10.1. The van der Waals surface area contributed by atoms with Gasteiger partial charge in [0.1, 0.15) is 0 Å². The highest BCUT2D eigenvalue weighted by Gasteiger charge is 2.31. The van der Waals surface area contributed by atoms with Gasteiger partial charge in [0.15, 0.2) is 0 Å². The van der Waals surface area contributed by atoms with Crippen molar-refractivity contribution in [3.8, 4) is 0 Å². The second-order valence-electron chi connectivity index (χ2n) is 13.5.